The second-order valence-corrected chi connectivity index (χ2v) is 5.07. The van der Waals surface area contributed by atoms with Crippen LogP contribution in [0.1, 0.15) is 47.0 Å². The van der Waals surface area contributed by atoms with Crippen molar-refractivity contribution in [3.05, 3.63) is 0 Å². The van der Waals surface area contributed by atoms with Gasteiger partial charge in [-0.05, 0) is 30.7 Å². The van der Waals surface area contributed by atoms with Crippen LogP contribution in [0.4, 0.5) is 0 Å². The Bertz CT molecular complexity index is 164. The van der Waals surface area contributed by atoms with Gasteiger partial charge in [-0.1, -0.05) is 27.7 Å². The molecule has 0 saturated carbocycles. The molecule has 0 radical (unpaired) electrons. The van der Waals surface area contributed by atoms with Gasteiger partial charge in [-0.3, -0.25) is 4.79 Å². The highest BCUT2D eigenvalue weighted by Crippen LogP contribution is 2.16. The molecule has 0 heterocycles. The van der Waals surface area contributed by atoms with Crippen LogP contribution in [0.25, 0.3) is 0 Å². The van der Waals surface area contributed by atoms with E-state index in [9.17, 15) is 4.79 Å². The highest BCUT2D eigenvalue weighted by Gasteiger charge is 2.14. The van der Waals surface area contributed by atoms with Crippen molar-refractivity contribution < 1.29 is 4.79 Å². The fraction of sp³-hybridized carbons (Fsp3) is 0.917. The highest BCUT2D eigenvalue weighted by molar-refractivity contribution is 5.78. The molecule has 0 bridgehead atoms. The van der Waals surface area contributed by atoms with Gasteiger partial charge in [0.1, 0.15) is 5.78 Å². The van der Waals surface area contributed by atoms with Crippen molar-refractivity contribution in [1.29, 1.82) is 0 Å². The molecule has 0 aliphatic heterocycles. The minimum absolute atomic E-state index is 0.371. The fourth-order valence-corrected chi connectivity index (χ4v) is 1.79. The quantitative estimate of drug-likeness (QED) is 0.685. The van der Waals surface area contributed by atoms with Gasteiger partial charge in [0.2, 0.25) is 0 Å². The largest absolute Gasteiger partial charge is 0.330 e. The topological polar surface area (TPSA) is 43.1 Å². The third kappa shape index (κ3) is 7.07. The first-order chi connectivity index (χ1) is 6.45. The summed E-state index contributed by atoms with van der Waals surface area (Å²) in [6.45, 7) is 9.16. The Labute approximate surface area is 88.3 Å². The summed E-state index contributed by atoms with van der Waals surface area (Å²) in [5, 5.41) is 0. The molecule has 1 unspecified atom stereocenters. The van der Waals surface area contributed by atoms with Gasteiger partial charge < -0.3 is 5.73 Å². The summed E-state index contributed by atoms with van der Waals surface area (Å²) >= 11 is 0. The normalized spacial score (nSPS) is 13.6. The zero-order valence-corrected chi connectivity index (χ0v) is 10.0. The van der Waals surface area contributed by atoms with Crippen molar-refractivity contribution in [1.82, 2.24) is 0 Å². The molecule has 2 N–H and O–H groups in total. The van der Waals surface area contributed by atoms with Gasteiger partial charge >= 0.3 is 0 Å². The molecule has 0 aromatic rings. The first-order valence-corrected chi connectivity index (χ1v) is 5.67. The average Bonchev–Trinajstić information content (AvgIpc) is 2.00. The Hall–Kier alpha value is -0.370. The van der Waals surface area contributed by atoms with Crippen LogP contribution in [0.3, 0.4) is 0 Å². The van der Waals surface area contributed by atoms with E-state index in [4.69, 9.17) is 5.73 Å². The van der Waals surface area contributed by atoms with Crippen LogP contribution in [0.2, 0.25) is 0 Å². The van der Waals surface area contributed by atoms with Gasteiger partial charge in [0, 0.05) is 12.8 Å². The van der Waals surface area contributed by atoms with Crippen molar-refractivity contribution in [3.63, 3.8) is 0 Å². The number of hydrogen-bond donors (Lipinski definition) is 1. The number of hydrogen-bond acceptors (Lipinski definition) is 2. The smallest absolute Gasteiger partial charge is 0.133 e. The van der Waals surface area contributed by atoms with Gasteiger partial charge in [0.05, 0.1) is 0 Å². The zero-order valence-electron chi connectivity index (χ0n) is 10.0. The molecule has 2 nitrogen and oxygen atoms in total. The van der Waals surface area contributed by atoms with E-state index in [1.54, 1.807) is 0 Å². The maximum absolute atomic E-state index is 11.5. The average molecular weight is 199 g/mol. The summed E-state index contributed by atoms with van der Waals surface area (Å²) in [4.78, 5) is 11.5. The van der Waals surface area contributed by atoms with E-state index in [1.165, 1.54) is 0 Å². The molecule has 0 aromatic carbocycles. The lowest BCUT2D eigenvalue weighted by Crippen LogP contribution is -2.20. The molecule has 84 valence electrons. The molecule has 0 amide bonds. The van der Waals surface area contributed by atoms with Crippen molar-refractivity contribution in [2.45, 2.75) is 47.0 Å². The number of ketones is 1. The van der Waals surface area contributed by atoms with E-state index in [1.807, 2.05) is 0 Å². The molecule has 1 atom stereocenters. The molecule has 0 saturated heterocycles. The Kier molecular flexibility index (Phi) is 6.81. The molecule has 0 rings (SSSR count). The van der Waals surface area contributed by atoms with Crippen molar-refractivity contribution in [2.24, 2.45) is 23.5 Å². The lowest BCUT2D eigenvalue weighted by atomic mass is 9.90. The standard InChI is InChI=1S/C12H25NO/c1-9(2)5-11(8-13)7-12(14)6-10(3)4/h9-11H,5-8,13H2,1-4H3. The van der Waals surface area contributed by atoms with Crippen molar-refractivity contribution >= 4 is 5.78 Å². The van der Waals surface area contributed by atoms with Crippen molar-refractivity contribution in [2.75, 3.05) is 6.54 Å². The first kappa shape index (κ1) is 13.6. The molecule has 0 aliphatic carbocycles. The van der Waals surface area contributed by atoms with Gasteiger partial charge in [-0.25, -0.2) is 0 Å². The fourth-order valence-electron chi connectivity index (χ4n) is 1.79. The molecule has 2 heteroatoms. The predicted molar refractivity (Wildman–Crippen MR) is 61.1 cm³/mol. The molecule has 14 heavy (non-hydrogen) atoms. The Morgan fingerprint density at radius 2 is 1.64 bits per heavy atom. The van der Waals surface area contributed by atoms with Crippen LogP contribution in [0.5, 0.6) is 0 Å². The SMILES string of the molecule is CC(C)CC(=O)CC(CN)CC(C)C. The van der Waals surface area contributed by atoms with Gasteiger partial charge in [0.15, 0.2) is 0 Å². The number of nitrogens with two attached hydrogens (primary N) is 1. The number of carbonyl (C=O) groups excluding carboxylic acids is 1. The van der Waals surface area contributed by atoms with Gasteiger partial charge in [0.25, 0.3) is 0 Å². The molecule has 0 aliphatic rings. The van der Waals surface area contributed by atoms with Crippen LogP contribution < -0.4 is 5.73 Å². The maximum atomic E-state index is 11.5. The minimum atomic E-state index is 0.371. The van der Waals surface area contributed by atoms with Crippen LogP contribution in [0, 0.1) is 17.8 Å². The molecule has 0 spiro atoms. The summed E-state index contributed by atoms with van der Waals surface area (Å²) in [5.74, 6) is 1.87. The van der Waals surface area contributed by atoms with E-state index < -0.39 is 0 Å². The van der Waals surface area contributed by atoms with Crippen molar-refractivity contribution in [3.8, 4) is 0 Å². The first-order valence-electron chi connectivity index (χ1n) is 5.67. The van der Waals surface area contributed by atoms with E-state index in [0.29, 0.717) is 42.9 Å². The van der Waals surface area contributed by atoms with E-state index in [-0.39, 0.29) is 0 Å². The third-order valence-electron chi connectivity index (χ3n) is 2.29. The van der Waals surface area contributed by atoms with E-state index in [0.717, 1.165) is 6.42 Å². The molecule has 0 fully saturated rings. The van der Waals surface area contributed by atoms with E-state index in [2.05, 4.69) is 27.7 Å². The Balaban J connectivity index is 3.86. The monoisotopic (exact) mass is 199 g/mol. The van der Waals surface area contributed by atoms with Gasteiger partial charge in [-0.2, -0.15) is 0 Å². The summed E-state index contributed by atoms with van der Waals surface area (Å²) in [7, 11) is 0. The highest BCUT2D eigenvalue weighted by atomic mass is 16.1. The number of rotatable bonds is 7. The van der Waals surface area contributed by atoms with Crippen LogP contribution in [-0.2, 0) is 4.79 Å². The van der Waals surface area contributed by atoms with Gasteiger partial charge in [-0.15, -0.1) is 0 Å². The molecule has 0 aromatic heterocycles. The van der Waals surface area contributed by atoms with Crippen LogP contribution in [-0.4, -0.2) is 12.3 Å². The lowest BCUT2D eigenvalue weighted by molar-refractivity contribution is -0.120. The molecular formula is C12H25NO. The number of Topliss-reactive ketones (excluding diaryl/α,β-unsaturated/α-hetero) is 1. The summed E-state index contributed by atoms with van der Waals surface area (Å²) in [6, 6.07) is 0. The predicted octanol–water partition coefficient (Wildman–Crippen LogP) is 2.61. The number of carbonyl (C=O) groups is 1. The lowest BCUT2D eigenvalue weighted by Gasteiger charge is -2.16. The summed E-state index contributed by atoms with van der Waals surface area (Å²) in [6.07, 6.45) is 2.45. The second-order valence-electron chi connectivity index (χ2n) is 5.07. The molecular weight excluding hydrogens is 174 g/mol. The van der Waals surface area contributed by atoms with E-state index >= 15 is 0 Å². The minimum Gasteiger partial charge on any atom is -0.330 e. The summed E-state index contributed by atoms with van der Waals surface area (Å²) < 4.78 is 0. The zero-order chi connectivity index (χ0) is 11.1. The second kappa shape index (κ2) is 6.99. The summed E-state index contributed by atoms with van der Waals surface area (Å²) in [5.41, 5.74) is 5.65. The van der Waals surface area contributed by atoms with Crippen LogP contribution >= 0.6 is 0 Å². The Morgan fingerprint density at radius 1 is 1.07 bits per heavy atom. The third-order valence-corrected chi connectivity index (χ3v) is 2.29. The maximum Gasteiger partial charge on any atom is 0.133 e. The Morgan fingerprint density at radius 3 is 2.00 bits per heavy atom. The van der Waals surface area contributed by atoms with Crippen LogP contribution in [0.15, 0.2) is 0 Å².